The van der Waals surface area contributed by atoms with Crippen molar-refractivity contribution in [1.82, 2.24) is 5.32 Å². The Bertz CT molecular complexity index is 272. The molecule has 7 nitrogen and oxygen atoms in total. The van der Waals surface area contributed by atoms with Crippen LogP contribution in [0.3, 0.4) is 0 Å². The van der Waals surface area contributed by atoms with Crippen molar-refractivity contribution in [2.24, 2.45) is 5.11 Å². The number of carbonyl (C=O) groups excluding carboxylic acids is 1. The van der Waals surface area contributed by atoms with Gasteiger partial charge < -0.3 is 14.8 Å². The molecule has 0 aliphatic carbocycles. The minimum Gasteiger partial charge on any atom is -0.468 e. The van der Waals surface area contributed by atoms with E-state index in [1.165, 1.54) is 7.11 Å². The first kappa shape index (κ1) is 12.8. The summed E-state index contributed by atoms with van der Waals surface area (Å²) in [5.41, 5.74) is 8.20. The van der Waals surface area contributed by atoms with E-state index in [2.05, 4.69) is 20.1 Å². The molecule has 2 unspecified atom stereocenters. The Hall–Kier alpha value is -1.30. The third-order valence-corrected chi connectivity index (χ3v) is 2.43. The SMILES string of the molecule is COC(=O)C(CN=[N+]=[N-])NCC1CCCO1. The molecule has 0 saturated carbocycles. The Morgan fingerprint density at radius 3 is 3.19 bits per heavy atom. The highest BCUT2D eigenvalue weighted by Gasteiger charge is 2.21. The number of hydrogen-bond acceptors (Lipinski definition) is 5. The number of hydrogen-bond donors (Lipinski definition) is 1. The average molecular weight is 228 g/mol. The summed E-state index contributed by atoms with van der Waals surface area (Å²) in [6.07, 6.45) is 2.17. The van der Waals surface area contributed by atoms with Gasteiger partial charge in [-0.2, -0.15) is 0 Å². The summed E-state index contributed by atoms with van der Waals surface area (Å²) < 4.78 is 10.0. The van der Waals surface area contributed by atoms with Crippen LogP contribution in [0.25, 0.3) is 10.4 Å². The van der Waals surface area contributed by atoms with E-state index in [0.717, 1.165) is 19.4 Å². The fraction of sp³-hybridized carbons (Fsp3) is 0.889. The van der Waals surface area contributed by atoms with Gasteiger partial charge >= 0.3 is 5.97 Å². The zero-order chi connectivity index (χ0) is 11.8. The van der Waals surface area contributed by atoms with Crippen molar-refractivity contribution in [3.63, 3.8) is 0 Å². The quantitative estimate of drug-likeness (QED) is 0.311. The van der Waals surface area contributed by atoms with Crippen LogP contribution < -0.4 is 5.32 Å². The number of carbonyl (C=O) groups is 1. The molecule has 0 spiro atoms. The number of esters is 1. The lowest BCUT2D eigenvalue weighted by atomic mass is 10.2. The van der Waals surface area contributed by atoms with Crippen LogP contribution in [0.15, 0.2) is 5.11 Å². The van der Waals surface area contributed by atoms with Crippen molar-refractivity contribution in [3.8, 4) is 0 Å². The van der Waals surface area contributed by atoms with Crippen molar-refractivity contribution < 1.29 is 14.3 Å². The van der Waals surface area contributed by atoms with E-state index in [-0.39, 0.29) is 12.6 Å². The smallest absolute Gasteiger partial charge is 0.322 e. The molecular formula is C9H16N4O3. The van der Waals surface area contributed by atoms with Gasteiger partial charge in [-0.05, 0) is 18.4 Å². The van der Waals surface area contributed by atoms with E-state index in [1.807, 2.05) is 0 Å². The van der Waals surface area contributed by atoms with Crippen LogP contribution in [0.2, 0.25) is 0 Å². The van der Waals surface area contributed by atoms with Gasteiger partial charge in [-0.15, -0.1) is 0 Å². The van der Waals surface area contributed by atoms with Crippen LogP contribution in [0.1, 0.15) is 12.8 Å². The van der Waals surface area contributed by atoms with Crippen LogP contribution in [0.5, 0.6) is 0 Å². The molecule has 0 aromatic rings. The van der Waals surface area contributed by atoms with Crippen molar-refractivity contribution in [3.05, 3.63) is 10.4 Å². The second kappa shape index (κ2) is 7.05. The van der Waals surface area contributed by atoms with Crippen LogP contribution in [-0.2, 0) is 14.3 Å². The fourth-order valence-corrected chi connectivity index (χ4v) is 1.56. The highest BCUT2D eigenvalue weighted by atomic mass is 16.5. The van der Waals surface area contributed by atoms with Gasteiger partial charge in [0, 0.05) is 18.1 Å². The molecular weight excluding hydrogens is 212 g/mol. The lowest BCUT2D eigenvalue weighted by molar-refractivity contribution is -0.142. The lowest BCUT2D eigenvalue weighted by Crippen LogP contribution is -2.43. The Morgan fingerprint density at radius 1 is 1.81 bits per heavy atom. The lowest BCUT2D eigenvalue weighted by Gasteiger charge is -2.16. The Kier molecular flexibility index (Phi) is 5.63. The summed E-state index contributed by atoms with van der Waals surface area (Å²) in [7, 11) is 1.30. The monoisotopic (exact) mass is 228 g/mol. The summed E-state index contributed by atoms with van der Waals surface area (Å²) in [6.45, 7) is 1.39. The topological polar surface area (TPSA) is 96.3 Å². The molecule has 0 amide bonds. The number of azide groups is 1. The number of nitrogens with zero attached hydrogens (tertiary/aromatic N) is 3. The largest absolute Gasteiger partial charge is 0.468 e. The highest BCUT2D eigenvalue weighted by Crippen LogP contribution is 2.10. The zero-order valence-electron chi connectivity index (χ0n) is 9.26. The molecule has 90 valence electrons. The molecule has 0 bridgehead atoms. The van der Waals surface area contributed by atoms with Gasteiger partial charge in [0.15, 0.2) is 0 Å². The molecule has 1 rings (SSSR count). The van der Waals surface area contributed by atoms with E-state index in [9.17, 15) is 4.79 Å². The maximum Gasteiger partial charge on any atom is 0.322 e. The second-order valence-electron chi connectivity index (χ2n) is 3.53. The minimum absolute atomic E-state index is 0.0515. The van der Waals surface area contributed by atoms with Crippen LogP contribution in [0, 0.1) is 0 Å². The predicted molar refractivity (Wildman–Crippen MR) is 56.8 cm³/mol. The van der Waals surface area contributed by atoms with Crippen molar-refractivity contribution >= 4 is 5.97 Å². The van der Waals surface area contributed by atoms with Gasteiger partial charge in [0.2, 0.25) is 0 Å². The van der Waals surface area contributed by atoms with E-state index >= 15 is 0 Å². The second-order valence-corrected chi connectivity index (χ2v) is 3.53. The first-order valence-electron chi connectivity index (χ1n) is 5.21. The zero-order valence-corrected chi connectivity index (χ0v) is 9.26. The van der Waals surface area contributed by atoms with E-state index in [0.29, 0.717) is 6.54 Å². The van der Waals surface area contributed by atoms with Gasteiger partial charge in [0.25, 0.3) is 0 Å². The number of rotatable bonds is 6. The Morgan fingerprint density at radius 2 is 2.62 bits per heavy atom. The summed E-state index contributed by atoms with van der Waals surface area (Å²) in [4.78, 5) is 13.9. The molecule has 1 aliphatic heterocycles. The van der Waals surface area contributed by atoms with Crippen LogP contribution in [0.4, 0.5) is 0 Å². The third kappa shape index (κ3) is 4.06. The summed E-state index contributed by atoms with van der Waals surface area (Å²) in [5.74, 6) is -0.426. The first-order valence-corrected chi connectivity index (χ1v) is 5.21. The molecule has 1 saturated heterocycles. The van der Waals surface area contributed by atoms with Gasteiger partial charge in [0.1, 0.15) is 6.04 Å². The Labute approximate surface area is 93.7 Å². The van der Waals surface area contributed by atoms with Gasteiger partial charge in [0.05, 0.1) is 19.8 Å². The Balaban J connectivity index is 2.35. The summed E-state index contributed by atoms with van der Waals surface area (Å²) in [6, 6.07) is -0.593. The third-order valence-electron chi connectivity index (χ3n) is 2.43. The minimum atomic E-state index is -0.593. The number of nitrogens with one attached hydrogen (secondary N) is 1. The van der Waals surface area contributed by atoms with Crippen molar-refractivity contribution in [1.29, 1.82) is 0 Å². The highest BCUT2D eigenvalue weighted by molar-refractivity contribution is 5.75. The predicted octanol–water partition coefficient (Wildman–Crippen LogP) is 0.607. The standard InChI is InChI=1S/C9H16N4O3/c1-15-9(14)8(6-12-13-10)11-5-7-3-2-4-16-7/h7-8,11H,2-6H2,1H3. The molecule has 7 heteroatoms. The normalized spacial score (nSPS) is 21.2. The van der Waals surface area contributed by atoms with E-state index in [4.69, 9.17) is 10.3 Å². The van der Waals surface area contributed by atoms with Crippen LogP contribution in [-0.4, -0.2) is 44.9 Å². The van der Waals surface area contributed by atoms with Crippen LogP contribution >= 0.6 is 0 Å². The molecule has 0 aromatic carbocycles. The fourth-order valence-electron chi connectivity index (χ4n) is 1.56. The first-order chi connectivity index (χ1) is 7.77. The molecule has 0 radical (unpaired) electrons. The molecule has 16 heavy (non-hydrogen) atoms. The number of ether oxygens (including phenoxy) is 2. The molecule has 1 N–H and O–H groups in total. The van der Waals surface area contributed by atoms with Gasteiger partial charge in [-0.3, -0.25) is 4.79 Å². The van der Waals surface area contributed by atoms with Crippen molar-refractivity contribution in [2.75, 3.05) is 26.8 Å². The van der Waals surface area contributed by atoms with Crippen molar-refractivity contribution in [2.45, 2.75) is 25.0 Å². The molecule has 1 fully saturated rings. The maximum absolute atomic E-state index is 11.3. The molecule has 1 aliphatic rings. The van der Waals surface area contributed by atoms with E-state index < -0.39 is 12.0 Å². The summed E-state index contributed by atoms with van der Waals surface area (Å²) >= 11 is 0. The van der Waals surface area contributed by atoms with Gasteiger partial charge in [-0.1, -0.05) is 5.11 Å². The maximum atomic E-state index is 11.3. The molecule has 2 atom stereocenters. The van der Waals surface area contributed by atoms with Gasteiger partial charge in [-0.25, -0.2) is 0 Å². The average Bonchev–Trinajstić information content (AvgIpc) is 2.81. The molecule has 0 aromatic heterocycles. The van der Waals surface area contributed by atoms with E-state index in [1.54, 1.807) is 0 Å². The number of methoxy groups -OCH3 is 1. The summed E-state index contributed by atoms with van der Waals surface area (Å²) in [5, 5.41) is 6.35. The molecule has 1 heterocycles.